The first-order valence-corrected chi connectivity index (χ1v) is 9.28. The lowest BCUT2D eigenvalue weighted by Crippen LogP contribution is -2.07. The average molecular weight is 330 g/mol. The molecule has 0 saturated heterocycles. The molecule has 2 aromatic rings. The van der Waals surface area contributed by atoms with Crippen LogP contribution in [0.15, 0.2) is 83.0 Å². The molecule has 0 aliphatic carbocycles. The fraction of sp³-hybridized carbons (Fsp3) is 0.304. The maximum atomic E-state index is 4.68. The quantitative estimate of drug-likeness (QED) is 0.628. The fourth-order valence-corrected chi connectivity index (χ4v) is 3.20. The van der Waals surface area contributed by atoms with E-state index in [9.17, 15) is 0 Å². The largest absolute Gasteiger partial charge is 0.154 e. The monoisotopic (exact) mass is 330 g/mol. The molecule has 0 spiro atoms. The summed E-state index contributed by atoms with van der Waals surface area (Å²) in [6.07, 6.45) is 8.12. The van der Waals surface area contributed by atoms with Crippen LogP contribution in [0.2, 0.25) is 0 Å². The predicted octanol–water partition coefficient (Wildman–Crippen LogP) is 6.18. The lowest BCUT2D eigenvalue weighted by Gasteiger charge is -2.12. The normalized spacial score (nSPS) is 19.1. The highest BCUT2D eigenvalue weighted by Gasteiger charge is 2.10. The van der Waals surface area contributed by atoms with Crippen molar-refractivity contribution in [3.8, 4) is 0 Å². The summed E-state index contributed by atoms with van der Waals surface area (Å²) in [5, 5.41) is 9.35. The van der Waals surface area contributed by atoms with Crippen LogP contribution in [0.25, 0.3) is 0 Å². The molecular formula is C23H26N2. The molecular weight excluding hydrogens is 304 g/mol. The SMILES string of the molecule is C=C1CCCCCCC/C(c2ccccc2)=N\N=C1c1ccccc1. The molecule has 1 aliphatic heterocycles. The van der Waals surface area contributed by atoms with E-state index in [4.69, 9.17) is 0 Å². The zero-order chi connectivity index (χ0) is 17.3. The van der Waals surface area contributed by atoms with Gasteiger partial charge in [0.2, 0.25) is 0 Å². The number of hydrogen-bond donors (Lipinski definition) is 0. The summed E-state index contributed by atoms with van der Waals surface area (Å²) in [6, 6.07) is 20.7. The summed E-state index contributed by atoms with van der Waals surface area (Å²) in [5.41, 5.74) is 5.35. The standard InChI is InChI=1S/C23H26N2/c1-19-13-7-3-2-4-12-18-22(20-14-8-5-9-15-20)24-25-23(19)21-16-10-6-11-17-21/h5-6,8-11,14-17H,1-4,7,12-13,18H2/b24-22+,25-23?. The van der Waals surface area contributed by atoms with E-state index in [-0.39, 0.29) is 0 Å². The van der Waals surface area contributed by atoms with Gasteiger partial charge < -0.3 is 0 Å². The van der Waals surface area contributed by atoms with E-state index in [1.807, 2.05) is 24.3 Å². The number of rotatable bonds is 2. The van der Waals surface area contributed by atoms with E-state index >= 15 is 0 Å². The molecule has 2 heteroatoms. The molecule has 0 radical (unpaired) electrons. The molecule has 0 unspecified atom stereocenters. The van der Waals surface area contributed by atoms with Crippen molar-refractivity contribution in [3.05, 3.63) is 83.9 Å². The molecule has 0 saturated carbocycles. The fourth-order valence-electron chi connectivity index (χ4n) is 3.20. The maximum Gasteiger partial charge on any atom is 0.0955 e. The van der Waals surface area contributed by atoms with Crippen molar-refractivity contribution >= 4 is 11.4 Å². The summed E-state index contributed by atoms with van der Waals surface area (Å²) < 4.78 is 0. The third kappa shape index (κ3) is 4.99. The first-order chi connectivity index (χ1) is 12.3. The van der Waals surface area contributed by atoms with Crippen molar-refractivity contribution < 1.29 is 0 Å². The van der Waals surface area contributed by atoms with Crippen LogP contribution in [0, 0.1) is 0 Å². The van der Waals surface area contributed by atoms with Gasteiger partial charge in [-0.2, -0.15) is 5.10 Å². The molecule has 0 amide bonds. The van der Waals surface area contributed by atoms with E-state index in [0.717, 1.165) is 35.4 Å². The first-order valence-electron chi connectivity index (χ1n) is 9.28. The minimum Gasteiger partial charge on any atom is -0.154 e. The molecule has 1 aliphatic rings. The number of benzene rings is 2. The smallest absolute Gasteiger partial charge is 0.0955 e. The molecule has 25 heavy (non-hydrogen) atoms. The summed E-state index contributed by atoms with van der Waals surface area (Å²) in [5.74, 6) is 0. The molecule has 0 aromatic heterocycles. The average Bonchev–Trinajstić information content (AvgIpc) is 2.66. The highest BCUT2D eigenvalue weighted by molar-refractivity contribution is 6.12. The summed E-state index contributed by atoms with van der Waals surface area (Å²) in [4.78, 5) is 0. The van der Waals surface area contributed by atoms with E-state index < -0.39 is 0 Å². The molecule has 0 bridgehead atoms. The molecule has 1 heterocycles. The van der Waals surface area contributed by atoms with E-state index in [1.54, 1.807) is 0 Å². The van der Waals surface area contributed by atoms with Crippen molar-refractivity contribution in [1.29, 1.82) is 0 Å². The van der Waals surface area contributed by atoms with Crippen LogP contribution in [0.1, 0.15) is 56.1 Å². The summed E-state index contributed by atoms with van der Waals surface area (Å²) in [7, 11) is 0. The van der Waals surface area contributed by atoms with Gasteiger partial charge >= 0.3 is 0 Å². The Kier molecular flexibility index (Phi) is 6.33. The van der Waals surface area contributed by atoms with E-state index in [0.29, 0.717) is 0 Å². The molecule has 0 atom stereocenters. The Morgan fingerprint density at radius 3 is 1.84 bits per heavy atom. The van der Waals surface area contributed by atoms with E-state index in [1.165, 1.54) is 37.7 Å². The molecule has 0 N–H and O–H groups in total. The molecule has 2 aromatic carbocycles. The third-order valence-corrected chi connectivity index (χ3v) is 4.65. The van der Waals surface area contributed by atoms with Gasteiger partial charge in [0.1, 0.15) is 0 Å². The van der Waals surface area contributed by atoms with E-state index in [2.05, 4.69) is 53.2 Å². The van der Waals surface area contributed by atoms with Crippen molar-refractivity contribution in [2.24, 2.45) is 10.2 Å². The van der Waals surface area contributed by atoms with Crippen LogP contribution in [-0.2, 0) is 0 Å². The first kappa shape index (κ1) is 17.3. The highest BCUT2D eigenvalue weighted by Crippen LogP contribution is 2.19. The van der Waals surface area contributed by atoms with Gasteiger partial charge in [-0.25, -0.2) is 0 Å². The zero-order valence-corrected chi connectivity index (χ0v) is 14.8. The van der Waals surface area contributed by atoms with Gasteiger partial charge in [0.05, 0.1) is 11.4 Å². The predicted molar refractivity (Wildman–Crippen MR) is 107 cm³/mol. The summed E-state index contributed by atoms with van der Waals surface area (Å²) >= 11 is 0. The third-order valence-electron chi connectivity index (χ3n) is 4.65. The Labute approximate surface area is 151 Å². The van der Waals surface area contributed by atoms with Gasteiger partial charge in [-0.15, -0.1) is 5.10 Å². The lowest BCUT2D eigenvalue weighted by molar-refractivity contribution is 0.623. The van der Waals surface area contributed by atoms with Crippen molar-refractivity contribution in [3.63, 3.8) is 0 Å². The molecule has 3 rings (SSSR count). The topological polar surface area (TPSA) is 24.7 Å². The number of hydrogen-bond acceptors (Lipinski definition) is 2. The second-order valence-electron chi connectivity index (χ2n) is 6.60. The van der Waals surface area contributed by atoms with Gasteiger partial charge in [0, 0.05) is 5.56 Å². The second kappa shape index (κ2) is 9.12. The van der Waals surface area contributed by atoms with Crippen LogP contribution < -0.4 is 0 Å². The zero-order valence-electron chi connectivity index (χ0n) is 14.8. The lowest BCUT2D eigenvalue weighted by atomic mass is 9.97. The van der Waals surface area contributed by atoms with Gasteiger partial charge in [-0.3, -0.25) is 0 Å². The Morgan fingerprint density at radius 2 is 1.16 bits per heavy atom. The maximum absolute atomic E-state index is 4.68. The Morgan fingerprint density at radius 1 is 0.600 bits per heavy atom. The summed E-state index contributed by atoms with van der Waals surface area (Å²) in [6.45, 7) is 4.30. The van der Waals surface area contributed by atoms with Crippen LogP contribution in [-0.4, -0.2) is 11.4 Å². The Balaban J connectivity index is 1.99. The van der Waals surface area contributed by atoms with Crippen molar-refractivity contribution in [2.45, 2.75) is 44.9 Å². The van der Waals surface area contributed by atoms with Gasteiger partial charge in [-0.1, -0.05) is 86.5 Å². The van der Waals surface area contributed by atoms with Crippen LogP contribution in [0.4, 0.5) is 0 Å². The van der Waals surface area contributed by atoms with Crippen LogP contribution in [0.5, 0.6) is 0 Å². The minimum absolute atomic E-state index is 0.926. The minimum atomic E-state index is 0.926. The van der Waals surface area contributed by atoms with Crippen LogP contribution in [0.3, 0.4) is 0 Å². The van der Waals surface area contributed by atoms with Crippen LogP contribution >= 0.6 is 0 Å². The second-order valence-corrected chi connectivity index (χ2v) is 6.60. The Hall–Kier alpha value is -2.48. The molecule has 2 nitrogen and oxygen atoms in total. The van der Waals surface area contributed by atoms with Crippen molar-refractivity contribution in [1.82, 2.24) is 0 Å². The molecule has 0 fully saturated rings. The van der Waals surface area contributed by atoms with Gasteiger partial charge in [-0.05, 0) is 36.8 Å². The number of allylic oxidation sites excluding steroid dienone is 1. The highest BCUT2D eigenvalue weighted by atomic mass is 15.2. The van der Waals surface area contributed by atoms with Gasteiger partial charge in [0.15, 0.2) is 0 Å². The Bertz CT molecular complexity index is 742. The van der Waals surface area contributed by atoms with Crippen molar-refractivity contribution in [2.75, 3.05) is 0 Å². The molecule has 128 valence electrons. The number of nitrogens with zero attached hydrogens (tertiary/aromatic N) is 2. The van der Waals surface area contributed by atoms with Gasteiger partial charge in [0.25, 0.3) is 0 Å².